The molecule has 0 spiro atoms. The second-order valence-electron chi connectivity index (χ2n) is 10.4. The van der Waals surface area contributed by atoms with Gasteiger partial charge in [0.2, 0.25) is 11.7 Å². The number of rotatable bonds is 4. The highest BCUT2D eigenvalue weighted by Gasteiger charge is 2.67. The number of ketones is 2. The molecule has 2 saturated carbocycles. The number of pyridine rings is 1. The number of phenolic OH excluding ortho intramolecular Hbond substituents is 1. The molecule has 1 aromatic heterocycles. The third-order valence-corrected chi connectivity index (χ3v) is 8.26. The van der Waals surface area contributed by atoms with Crippen molar-refractivity contribution in [1.29, 1.82) is 0 Å². The van der Waals surface area contributed by atoms with Crippen LogP contribution in [0.2, 0.25) is 0 Å². The van der Waals surface area contributed by atoms with E-state index < -0.39 is 58.7 Å². The van der Waals surface area contributed by atoms with Crippen molar-refractivity contribution in [2.75, 3.05) is 21.2 Å². The Bertz CT molecular complexity index is 1400. The lowest BCUT2D eigenvalue weighted by Gasteiger charge is -2.53. The number of aliphatic hydroxyl groups is 3. The van der Waals surface area contributed by atoms with Crippen LogP contribution in [0.1, 0.15) is 17.5 Å². The van der Waals surface area contributed by atoms with Gasteiger partial charge in [-0.3, -0.25) is 19.4 Å². The van der Waals surface area contributed by atoms with Crippen LogP contribution in [0.15, 0.2) is 36.2 Å². The van der Waals surface area contributed by atoms with E-state index >= 15 is 0 Å². The molecule has 1 aromatic carbocycles. The van der Waals surface area contributed by atoms with Gasteiger partial charge in [-0.25, -0.2) is 0 Å². The summed E-state index contributed by atoms with van der Waals surface area (Å²) in [5, 5.41) is 44.8. The quantitative estimate of drug-likeness (QED) is 0.347. The summed E-state index contributed by atoms with van der Waals surface area (Å²) >= 11 is 0. The molecule has 6 atom stereocenters. The van der Waals surface area contributed by atoms with Gasteiger partial charge in [-0.1, -0.05) is 6.07 Å². The average Bonchev–Trinajstić information content (AvgIpc) is 2.86. The number of ether oxygens (including phenoxy) is 1. The maximum Gasteiger partial charge on any atom is 0.230 e. The zero-order valence-electron chi connectivity index (χ0n) is 21.1. The fourth-order valence-corrected chi connectivity index (χ4v) is 6.62. The Hall–Kier alpha value is -3.80. The number of Topliss-reactive ketones (excluding diaryl/α,β-unsaturated/α-hetero) is 2. The SMILES string of the molecule is COc1ccncc1-c1ccc(O)c2c1C[C@H]1C[C@H]3[C@H](N(C)C)C(O)[C@@H](C(N)=O)C(=O)[C@@]3(O)C(=O)C1=C2O. The van der Waals surface area contributed by atoms with Crippen molar-refractivity contribution < 1.29 is 39.5 Å². The van der Waals surface area contributed by atoms with E-state index in [0.717, 1.165) is 0 Å². The Balaban J connectivity index is 1.72. The summed E-state index contributed by atoms with van der Waals surface area (Å²) in [6.07, 6.45) is 1.84. The molecule has 1 amide bonds. The van der Waals surface area contributed by atoms with Crippen LogP contribution in [-0.4, -0.2) is 86.7 Å². The van der Waals surface area contributed by atoms with Gasteiger partial charge in [0.05, 0.1) is 18.8 Å². The molecule has 1 heterocycles. The van der Waals surface area contributed by atoms with Crippen molar-refractivity contribution in [1.82, 2.24) is 9.88 Å². The highest BCUT2D eigenvalue weighted by molar-refractivity contribution is 6.25. The van der Waals surface area contributed by atoms with E-state index in [4.69, 9.17) is 10.5 Å². The van der Waals surface area contributed by atoms with E-state index in [1.807, 2.05) is 0 Å². The molecule has 0 radical (unpaired) electrons. The molecule has 11 heteroatoms. The lowest BCUT2D eigenvalue weighted by atomic mass is 9.54. The van der Waals surface area contributed by atoms with E-state index in [-0.39, 0.29) is 29.7 Å². The molecule has 2 fully saturated rings. The van der Waals surface area contributed by atoms with E-state index in [2.05, 4.69) is 4.98 Å². The van der Waals surface area contributed by atoms with Crippen molar-refractivity contribution >= 4 is 23.2 Å². The standard InChI is InChI=1S/C27H29N3O8/c1-30(2)21-15-9-11-8-13-12(14-10-29-7-6-17(14)38-3)4-5-16(31)19(13)22(32)18(11)24(34)27(15,37)25(35)20(23(21)33)26(28)36/h4-7,10-11,15,20-21,23,31-33,37H,8-9H2,1-3H3,(H2,28,36)/t11-,15-,20+,21-,23?,27-/m0/s1. The van der Waals surface area contributed by atoms with E-state index in [1.54, 1.807) is 43.5 Å². The van der Waals surface area contributed by atoms with Gasteiger partial charge in [0, 0.05) is 35.5 Å². The number of phenols is 1. The molecule has 0 bridgehead atoms. The molecule has 200 valence electrons. The second-order valence-corrected chi connectivity index (χ2v) is 10.4. The molecule has 0 aliphatic heterocycles. The number of likely N-dealkylation sites (N-methyl/N-ethyl adjacent to an activating group) is 1. The molecule has 11 nitrogen and oxygen atoms in total. The van der Waals surface area contributed by atoms with Gasteiger partial charge in [-0.15, -0.1) is 0 Å². The number of carbonyl (C=O) groups excluding carboxylic acids is 3. The van der Waals surface area contributed by atoms with E-state index in [1.165, 1.54) is 13.2 Å². The van der Waals surface area contributed by atoms with Crippen molar-refractivity contribution in [3.63, 3.8) is 0 Å². The van der Waals surface area contributed by atoms with Crippen molar-refractivity contribution in [2.45, 2.75) is 30.6 Å². The molecule has 0 saturated heterocycles. The number of amides is 1. The smallest absolute Gasteiger partial charge is 0.230 e. The zero-order valence-corrected chi connectivity index (χ0v) is 21.1. The fraction of sp³-hybridized carbons (Fsp3) is 0.407. The van der Waals surface area contributed by atoms with Crippen LogP contribution in [0.5, 0.6) is 11.5 Å². The number of nitrogens with two attached hydrogens (primary N) is 1. The second kappa shape index (κ2) is 8.90. The lowest BCUT2D eigenvalue weighted by Crippen LogP contribution is -2.73. The third kappa shape index (κ3) is 3.39. The molecular weight excluding hydrogens is 494 g/mol. The third-order valence-electron chi connectivity index (χ3n) is 8.26. The largest absolute Gasteiger partial charge is 0.507 e. The number of hydrogen-bond acceptors (Lipinski definition) is 10. The fourth-order valence-electron chi connectivity index (χ4n) is 6.62. The molecule has 38 heavy (non-hydrogen) atoms. The van der Waals surface area contributed by atoms with E-state index in [9.17, 15) is 34.8 Å². The molecule has 3 aliphatic carbocycles. The summed E-state index contributed by atoms with van der Waals surface area (Å²) in [7, 11) is 4.72. The van der Waals surface area contributed by atoms with Crippen LogP contribution in [0.25, 0.3) is 16.9 Å². The normalized spacial score (nSPS) is 30.5. The predicted molar refractivity (Wildman–Crippen MR) is 134 cm³/mol. The maximum absolute atomic E-state index is 13.9. The minimum atomic E-state index is -2.69. The Morgan fingerprint density at radius 3 is 2.53 bits per heavy atom. The minimum Gasteiger partial charge on any atom is -0.507 e. The Morgan fingerprint density at radius 1 is 1.18 bits per heavy atom. The lowest BCUT2D eigenvalue weighted by molar-refractivity contribution is -0.184. The summed E-state index contributed by atoms with van der Waals surface area (Å²) in [5.41, 5.74) is 4.30. The number of benzene rings is 1. The summed E-state index contributed by atoms with van der Waals surface area (Å²) in [4.78, 5) is 45.2. The number of nitrogens with zero attached hydrogens (tertiary/aromatic N) is 2. The van der Waals surface area contributed by atoms with E-state index in [0.29, 0.717) is 22.4 Å². The van der Waals surface area contributed by atoms with Crippen molar-refractivity contribution in [3.05, 3.63) is 47.3 Å². The first kappa shape index (κ1) is 25.8. The number of hydrogen-bond donors (Lipinski definition) is 5. The van der Waals surface area contributed by atoms with Gasteiger partial charge < -0.3 is 35.8 Å². The van der Waals surface area contributed by atoms with Crippen LogP contribution >= 0.6 is 0 Å². The Labute approximate surface area is 218 Å². The zero-order chi connectivity index (χ0) is 27.7. The maximum atomic E-state index is 13.9. The van der Waals surface area contributed by atoms with Crippen LogP contribution in [0.3, 0.4) is 0 Å². The Kier molecular flexibility index (Phi) is 6.05. The van der Waals surface area contributed by atoms with Crippen LogP contribution < -0.4 is 10.5 Å². The average molecular weight is 524 g/mol. The number of aromatic nitrogens is 1. The topological polar surface area (TPSA) is 184 Å². The predicted octanol–water partition coefficient (Wildman–Crippen LogP) is 0.200. The van der Waals surface area contributed by atoms with Crippen molar-refractivity contribution in [2.24, 2.45) is 23.5 Å². The summed E-state index contributed by atoms with van der Waals surface area (Å²) in [5.74, 6) is -7.26. The summed E-state index contributed by atoms with van der Waals surface area (Å²) < 4.78 is 5.48. The van der Waals surface area contributed by atoms with Gasteiger partial charge in [0.25, 0.3) is 0 Å². The Morgan fingerprint density at radius 2 is 1.89 bits per heavy atom. The summed E-state index contributed by atoms with van der Waals surface area (Å²) in [6, 6.07) is 3.76. The molecule has 6 N–H and O–H groups in total. The molecule has 2 aromatic rings. The molecule has 1 unspecified atom stereocenters. The first-order valence-electron chi connectivity index (χ1n) is 12.2. The first-order chi connectivity index (χ1) is 17.9. The van der Waals surface area contributed by atoms with Gasteiger partial charge >= 0.3 is 0 Å². The van der Waals surface area contributed by atoms with Gasteiger partial charge in [-0.2, -0.15) is 0 Å². The number of primary amides is 1. The number of carbonyl (C=O) groups is 3. The highest BCUT2D eigenvalue weighted by atomic mass is 16.5. The van der Waals surface area contributed by atoms with Crippen LogP contribution in [0.4, 0.5) is 0 Å². The van der Waals surface area contributed by atoms with Gasteiger partial charge in [0.15, 0.2) is 11.4 Å². The van der Waals surface area contributed by atoms with Crippen LogP contribution in [-0.2, 0) is 20.8 Å². The monoisotopic (exact) mass is 523 g/mol. The van der Waals surface area contributed by atoms with Gasteiger partial charge in [-0.05, 0) is 56.1 Å². The van der Waals surface area contributed by atoms with Crippen molar-refractivity contribution in [3.8, 4) is 22.6 Å². The number of fused-ring (bicyclic) bond motifs is 3. The minimum absolute atomic E-state index is 0.00830. The van der Waals surface area contributed by atoms with Gasteiger partial charge in [0.1, 0.15) is 23.2 Å². The molecule has 5 rings (SSSR count). The highest BCUT2D eigenvalue weighted by Crippen LogP contribution is 2.53. The number of methoxy groups -OCH3 is 1. The van der Waals surface area contributed by atoms with Crippen LogP contribution in [0, 0.1) is 17.8 Å². The first-order valence-corrected chi connectivity index (χ1v) is 12.2. The number of aromatic hydroxyl groups is 1. The summed E-state index contributed by atoms with van der Waals surface area (Å²) in [6.45, 7) is 0. The number of aliphatic hydroxyl groups excluding tert-OH is 2. The molecule has 3 aliphatic rings. The molecular formula is C27H29N3O8.